The van der Waals surface area contributed by atoms with Crippen molar-refractivity contribution in [3.63, 3.8) is 0 Å². The van der Waals surface area contributed by atoms with Crippen molar-refractivity contribution in [3.8, 4) is 11.1 Å². The minimum absolute atomic E-state index is 0.991. The van der Waals surface area contributed by atoms with Gasteiger partial charge in [0.05, 0.1) is 0 Å². The zero-order valence-corrected chi connectivity index (χ0v) is 9.69. The molecule has 0 radical (unpaired) electrons. The van der Waals surface area contributed by atoms with Gasteiger partial charge < -0.3 is 5.43 Å². The zero-order chi connectivity index (χ0) is 10.8. The van der Waals surface area contributed by atoms with E-state index in [9.17, 15) is 0 Å². The standard InChI is InChI=1S/C12H14N2S/c1-8-3-4-11(9(2)5-8)10-6-12(14-13)15-7-10/h3-7,14H,13H2,1-2H3. The minimum Gasteiger partial charge on any atom is -0.315 e. The lowest BCUT2D eigenvalue weighted by Crippen LogP contribution is -2.04. The summed E-state index contributed by atoms with van der Waals surface area (Å²) in [6, 6.07) is 8.56. The Labute approximate surface area is 93.7 Å². The number of thiophene rings is 1. The Morgan fingerprint density at radius 1 is 1.20 bits per heavy atom. The molecule has 0 amide bonds. The molecule has 1 heterocycles. The van der Waals surface area contributed by atoms with Crippen molar-refractivity contribution < 1.29 is 0 Å². The van der Waals surface area contributed by atoms with Crippen LogP contribution in [0.25, 0.3) is 11.1 Å². The molecule has 0 spiro atoms. The van der Waals surface area contributed by atoms with Crippen LogP contribution in [0.2, 0.25) is 0 Å². The summed E-state index contributed by atoms with van der Waals surface area (Å²) in [5.41, 5.74) is 7.77. The molecule has 2 rings (SSSR count). The van der Waals surface area contributed by atoms with E-state index in [1.807, 2.05) is 0 Å². The van der Waals surface area contributed by atoms with Crippen molar-refractivity contribution in [3.05, 3.63) is 40.8 Å². The molecule has 0 aliphatic carbocycles. The highest BCUT2D eigenvalue weighted by Crippen LogP contribution is 2.30. The van der Waals surface area contributed by atoms with Gasteiger partial charge in [-0.05, 0) is 36.6 Å². The molecular weight excluding hydrogens is 204 g/mol. The molecule has 0 saturated carbocycles. The van der Waals surface area contributed by atoms with E-state index in [4.69, 9.17) is 5.84 Å². The van der Waals surface area contributed by atoms with Crippen molar-refractivity contribution in [2.24, 2.45) is 5.84 Å². The number of anilines is 1. The number of nitrogens with two attached hydrogens (primary N) is 1. The van der Waals surface area contributed by atoms with Crippen LogP contribution in [0.1, 0.15) is 11.1 Å². The van der Waals surface area contributed by atoms with Gasteiger partial charge in [-0.3, -0.25) is 0 Å². The first-order valence-corrected chi connectivity index (χ1v) is 5.71. The predicted molar refractivity (Wildman–Crippen MR) is 67.0 cm³/mol. The van der Waals surface area contributed by atoms with Crippen molar-refractivity contribution >= 4 is 16.3 Å². The van der Waals surface area contributed by atoms with E-state index < -0.39 is 0 Å². The highest BCUT2D eigenvalue weighted by molar-refractivity contribution is 7.14. The first kappa shape index (κ1) is 10.2. The summed E-state index contributed by atoms with van der Waals surface area (Å²) in [6.45, 7) is 4.24. The van der Waals surface area contributed by atoms with Crippen LogP contribution in [-0.4, -0.2) is 0 Å². The largest absolute Gasteiger partial charge is 0.315 e. The second-order valence-corrected chi connectivity index (χ2v) is 4.57. The van der Waals surface area contributed by atoms with Crippen molar-refractivity contribution in [1.82, 2.24) is 0 Å². The Morgan fingerprint density at radius 2 is 2.00 bits per heavy atom. The third kappa shape index (κ3) is 2.03. The lowest BCUT2D eigenvalue weighted by Gasteiger charge is -2.04. The minimum atomic E-state index is 0.991. The van der Waals surface area contributed by atoms with Gasteiger partial charge in [-0.1, -0.05) is 23.8 Å². The van der Waals surface area contributed by atoms with Gasteiger partial charge in [-0.15, -0.1) is 11.3 Å². The Morgan fingerprint density at radius 3 is 2.60 bits per heavy atom. The van der Waals surface area contributed by atoms with Crippen LogP contribution >= 0.6 is 11.3 Å². The molecule has 0 unspecified atom stereocenters. The van der Waals surface area contributed by atoms with Gasteiger partial charge >= 0.3 is 0 Å². The number of hydrogen-bond acceptors (Lipinski definition) is 3. The van der Waals surface area contributed by atoms with Gasteiger partial charge in [-0.25, -0.2) is 5.84 Å². The SMILES string of the molecule is Cc1ccc(-c2csc(NN)c2)c(C)c1. The van der Waals surface area contributed by atoms with Gasteiger partial charge in [0.1, 0.15) is 5.00 Å². The molecule has 1 aromatic heterocycles. The molecule has 0 bridgehead atoms. The quantitative estimate of drug-likeness (QED) is 0.599. The summed E-state index contributed by atoms with van der Waals surface area (Å²) in [4.78, 5) is 0. The number of hydrazine groups is 1. The zero-order valence-electron chi connectivity index (χ0n) is 8.87. The van der Waals surface area contributed by atoms with Crippen molar-refractivity contribution in [1.29, 1.82) is 0 Å². The van der Waals surface area contributed by atoms with Gasteiger partial charge in [-0.2, -0.15) is 0 Å². The molecule has 0 fully saturated rings. The second kappa shape index (κ2) is 4.04. The summed E-state index contributed by atoms with van der Waals surface area (Å²) in [6.07, 6.45) is 0. The van der Waals surface area contributed by atoms with E-state index in [-0.39, 0.29) is 0 Å². The van der Waals surface area contributed by atoms with Crippen LogP contribution in [-0.2, 0) is 0 Å². The molecular formula is C12H14N2S. The number of hydrogen-bond donors (Lipinski definition) is 2. The number of rotatable bonds is 2. The molecule has 0 atom stereocenters. The molecule has 2 aromatic rings. The predicted octanol–water partition coefficient (Wildman–Crippen LogP) is 3.32. The smallest absolute Gasteiger partial charge is 0.103 e. The van der Waals surface area contributed by atoms with E-state index in [1.54, 1.807) is 11.3 Å². The third-order valence-corrected chi connectivity index (χ3v) is 3.30. The second-order valence-electron chi connectivity index (χ2n) is 3.66. The molecule has 1 aromatic carbocycles. The topological polar surface area (TPSA) is 38.0 Å². The summed E-state index contributed by atoms with van der Waals surface area (Å²) in [5.74, 6) is 5.36. The fourth-order valence-corrected chi connectivity index (χ4v) is 2.40. The normalized spacial score (nSPS) is 10.3. The Balaban J connectivity index is 2.44. The Kier molecular flexibility index (Phi) is 2.75. The number of nitrogen functional groups attached to an aromatic ring is 1. The fourth-order valence-electron chi connectivity index (χ4n) is 1.69. The first-order valence-electron chi connectivity index (χ1n) is 4.83. The average Bonchev–Trinajstić information content (AvgIpc) is 2.66. The van der Waals surface area contributed by atoms with E-state index in [2.05, 4.69) is 48.9 Å². The van der Waals surface area contributed by atoms with E-state index in [0.29, 0.717) is 0 Å². The van der Waals surface area contributed by atoms with Crippen molar-refractivity contribution in [2.45, 2.75) is 13.8 Å². The van der Waals surface area contributed by atoms with Crippen LogP contribution in [0.3, 0.4) is 0 Å². The monoisotopic (exact) mass is 218 g/mol. The maximum atomic E-state index is 5.36. The average molecular weight is 218 g/mol. The fraction of sp³-hybridized carbons (Fsp3) is 0.167. The number of aryl methyl sites for hydroxylation is 2. The van der Waals surface area contributed by atoms with Crippen LogP contribution in [0.15, 0.2) is 29.6 Å². The molecule has 0 aliphatic heterocycles. The van der Waals surface area contributed by atoms with E-state index in [0.717, 1.165) is 5.00 Å². The molecule has 0 aliphatic rings. The van der Waals surface area contributed by atoms with Gasteiger partial charge in [0, 0.05) is 5.38 Å². The van der Waals surface area contributed by atoms with Gasteiger partial charge in [0.25, 0.3) is 0 Å². The van der Waals surface area contributed by atoms with Crippen LogP contribution in [0, 0.1) is 13.8 Å². The van der Waals surface area contributed by atoms with Crippen molar-refractivity contribution in [2.75, 3.05) is 5.43 Å². The Bertz CT molecular complexity index is 474. The molecule has 3 N–H and O–H groups in total. The highest BCUT2D eigenvalue weighted by Gasteiger charge is 2.04. The molecule has 78 valence electrons. The van der Waals surface area contributed by atoms with Gasteiger partial charge in [0.15, 0.2) is 0 Å². The maximum Gasteiger partial charge on any atom is 0.103 e. The molecule has 2 nitrogen and oxygen atoms in total. The highest BCUT2D eigenvalue weighted by atomic mass is 32.1. The number of nitrogens with one attached hydrogen (secondary N) is 1. The van der Waals surface area contributed by atoms with E-state index in [1.165, 1.54) is 22.3 Å². The Hall–Kier alpha value is -1.32. The molecule has 15 heavy (non-hydrogen) atoms. The molecule has 0 saturated heterocycles. The summed E-state index contributed by atoms with van der Waals surface area (Å²) < 4.78 is 0. The summed E-state index contributed by atoms with van der Waals surface area (Å²) in [5, 5.41) is 3.11. The van der Waals surface area contributed by atoms with Crippen LogP contribution in [0.4, 0.5) is 5.00 Å². The van der Waals surface area contributed by atoms with Gasteiger partial charge in [0.2, 0.25) is 0 Å². The summed E-state index contributed by atoms with van der Waals surface area (Å²) in [7, 11) is 0. The van der Waals surface area contributed by atoms with E-state index >= 15 is 0 Å². The van der Waals surface area contributed by atoms with Crippen LogP contribution < -0.4 is 11.3 Å². The molecule has 3 heteroatoms. The number of benzene rings is 1. The lowest BCUT2D eigenvalue weighted by molar-refractivity contribution is 1.38. The van der Waals surface area contributed by atoms with Crippen LogP contribution in [0.5, 0.6) is 0 Å². The first-order chi connectivity index (χ1) is 7.20. The lowest BCUT2D eigenvalue weighted by atomic mass is 10.0. The third-order valence-electron chi connectivity index (χ3n) is 2.43. The summed E-state index contributed by atoms with van der Waals surface area (Å²) >= 11 is 1.62. The maximum absolute atomic E-state index is 5.36.